The fourth-order valence-electron chi connectivity index (χ4n) is 4.65. The Kier molecular flexibility index (Phi) is 7.17. The van der Waals surface area contributed by atoms with Crippen LogP contribution in [0, 0.1) is 11.8 Å². The van der Waals surface area contributed by atoms with E-state index in [2.05, 4.69) is 34.9 Å². The van der Waals surface area contributed by atoms with Crippen molar-refractivity contribution in [2.45, 2.75) is 38.3 Å². The number of amides is 2. The van der Waals surface area contributed by atoms with E-state index in [9.17, 15) is 19.5 Å². The third kappa shape index (κ3) is 5.07. The van der Waals surface area contributed by atoms with Crippen LogP contribution in [0.3, 0.4) is 0 Å². The smallest absolute Gasteiger partial charge is 0.407 e. The van der Waals surface area contributed by atoms with Crippen LogP contribution in [0.2, 0.25) is 0 Å². The molecular weight excluding hydrogens is 436 g/mol. The van der Waals surface area contributed by atoms with Crippen LogP contribution in [0.25, 0.3) is 11.1 Å². The molecule has 3 N–H and O–H groups in total. The number of carbonyl (C=O) groups is 3. The molecule has 8 nitrogen and oxygen atoms in total. The summed E-state index contributed by atoms with van der Waals surface area (Å²) in [5.41, 5.74) is 4.56. The number of aliphatic carboxylic acids is 1. The van der Waals surface area contributed by atoms with Crippen molar-refractivity contribution in [3.8, 4) is 11.1 Å². The highest BCUT2D eigenvalue weighted by molar-refractivity contribution is 5.80. The second-order valence-corrected chi connectivity index (χ2v) is 9.18. The predicted molar refractivity (Wildman–Crippen MR) is 125 cm³/mol. The van der Waals surface area contributed by atoms with Gasteiger partial charge in [0.25, 0.3) is 0 Å². The third-order valence-corrected chi connectivity index (χ3v) is 6.60. The van der Waals surface area contributed by atoms with Crippen LogP contribution in [0.5, 0.6) is 0 Å². The van der Waals surface area contributed by atoms with E-state index in [1.54, 1.807) is 0 Å². The molecule has 3 atom stereocenters. The van der Waals surface area contributed by atoms with Gasteiger partial charge in [0.15, 0.2) is 0 Å². The van der Waals surface area contributed by atoms with Crippen molar-refractivity contribution in [2.75, 3.05) is 19.8 Å². The van der Waals surface area contributed by atoms with Crippen LogP contribution < -0.4 is 10.6 Å². The lowest BCUT2D eigenvalue weighted by Gasteiger charge is -2.24. The van der Waals surface area contributed by atoms with Crippen molar-refractivity contribution >= 4 is 18.0 Å². The largest absolute Gasteiger partial charge is 0.481 e. The number of hydrogen-bond acceptors (Lipinski definition) is 5. The van der Waals surface area contributed by atoms with Crippen molar-refractivity contribution in [3.63, 3.8) is 0 Å². The van der Waals surface area contributed by atoms with E-state index in [4.69, 9.17) is 9.47 Å². The van der Waals surface area contributed by atoms with E-state index in [0.717, 1.165) is 22.3 Å². The van der Waals surface area contributed by atoms with Crippen molar-refractivity contribution in [1.82, 2.24) is 10.6 Å². The highest BCUT2D eigenvalue weighted by Crippen LogP contribution is 2.44. The van der Waals surface area contributed by atoms with Gasteiger partial charge in [-0.1, -0.05) is 62.4 Å². The summed E-state index contributed by atoms with van der Waals surface area (Å²) in [6.45, 7) is 4.23. The standard InChI is InChI=1S/C26H30N2O6/c1-15(2)22(11-24(29)27-23-14-33-12-21(23)25(30)31)28-26(32)34-13-20-18-9-5-3-7-16(18)17-8-4-6-10-19(17)20/h3-10,15,20-23H,11-14H2,1-2H3,(H,27,29)(H,28,32)(H,30,31). The number of rotatable bonds is 8. The maximum atomic E-state index is 12.6. The van der Waals surface area contributed by atoms with Crippen LogP contribution in [-0.2, 0) is 19.1 Å². The number of benzene rings is 2. The molecule has 1 heterocycles. The highest BCUT2D eigenvalue weighted by atomic mass is 16.5. The van der Waals surface area contributed by atoms with Crippen molar-refractivity contribution in [3.05, 3.63) is 59.7 Å². The van der Waals surface area contributed by atoms with Crippen LogP contribution >= 0.6 is 0 Å². The van der Waals surface area contributed by atoms with Crippen LogP contribution in [0.4, 0.5) is 4.79 Å². The van der Waals surface area contributed by atoms with Gasteiger partial charge in [-0.15, -0.1) is 0 Å². The third-order valence-electron chi connectivity index (χ3n) is 6.60. The molecule has 3 unspecified atom stereocenters. The van der Waals surface area contributed by atoms with Gasteiger partial charge in [0, 0.05) is 18.4 Å². The maximum Gasteiger partial charge on any atom is 0.407 e. The van der Waals surface area contributed by atoms with Gasteiger partial charge >= 0.3 is 12.1 Å². The van der Waals surface area contributed by atoms with Gasteiger partial charge in [0.05, 0.1) is 19.3 Å². The quantitative estimate of drug-likeness (QED) is 0.551. The maximum absolute atomic E-state index is 12.6. The molecule has 1 aliphatic heterocycles. The first-order chi connectivity index (χ1) is 16.3. The summed E-state index contributed by atoms with van der Waals surface area (Å²) in [6.07, 6.45) is -0.564. The van der Waals surface area contributed by atoms with Crippen molar-refractivity contribution in [1.29, 1.82) is 0 Å². The molecule has 0 aromatic heterocycles. The molecule has 0 radical (unpaired) electrons. The van der Waals surface area contributed by atoms with E-state index in [0.29, 0.717) is 0 Å². The first kappa shape index (κ1) is 23.8. The van der Waals surface area contributed by atoms with Crippen molar-refractivity contribution in [2.24, 2.45) is 11.8 Å². The fraction of sp³-hybridized carbons (Fsp3) is 0.423. The SMILES string of the molecule is CC(C)C(CC(=O)NC1COCC1C(=O)O)NC(=O)OCC1c2ccccc2-c2ccccc21. The van der Waals surface area contributed by atoms with E-state index in [1.165, 1.54) is 0 Å². The fourth-order valence-corrected chi connectivity index (χ4v) is 4.65. The van der Waals surface area contributed by atoms with E-state index >= 15 is 0 Å². The number of nitrogens with one attached hydrogen (secondary N) is 2. The minimum absolute atomic E-state index is 0.0186. The zero-order chi connectivity index (χ0) is 24.2. The second-order valence-electron chi connectivity index (χ2n) is 9.18. The lowest BCUT2D eigenvalue weighted by molar-refractivity contribution is -0.142. The number of carbonyl (C=O) groups excluding carboxylic acids is 2. The zero-order valence-electron chi connectivity index (χ0n) is 19.3. The minimum atomic E-state index is -1.00. The normalized spacial score (nSPS) is 19.9. The van der Waals surface area contributed by atoms with Gasteiger partial charge in [-0.2, -0.15) is 0 Å². The molecule has 0 bridgehead atoms. The summed E-state index contributed by atoms with van der Waals surface area (Å²) in [5.74, 6) is -2.17. The van der Waals surface area contributed by atoms with Crippen LogP contribution in [-0.4, -0.2) is 55.0 Å². The monoisotopic (exact) mass is 466 g/mol. The van der Waals surface area contributed by atoms with Gasteiger partial charge in [0.1, 0.15) is 12.5 Å². The molecule has 2 aliphatic rings. The van der Waals surface area contributed by atoms with Gasteiger partial charge in [-0.05, 0) is 28.2 Å². The Morgan fingerprint density at radius 2 is 1.65 bits per heavy atom. The summed E-state index contributed by atoms with van der Waals surface area (Å²) in [5, 5.41) is 14.8. The molecule has 2 amide bonds. The molecule has 1 aliphatic carbocycles. The molecule has 34 heavy (non-hydrogen) atoms. The van der Waals surface area contributed by atoms with E-state index in [1.807, 2.05) is 38.1 Å². The number of alkyl carbamates (subject to hydrolysis) is 1. The van der Waals surface area contributed by atoms with Crippen LogP contribution in [0.1, 0.15) is 37.3 Å². The van der Waals surface area contributed by atoms with E-state index < -0.39 is 30.1 Å². The minimum Gasteiger partial charge on any atom is -0.481 e. The zero-order valence-corrected chi connectivity index (χ0v) is 19.3. The van der Waals surface area contributed by atoms with Gasteiger partial charge < -0.3 is 25.2 Å². The first-order valence-corrected chi connectivity index (χ1v) is 11.6. The Hall–Kier alpha value is -3.39. The lowest BCUT2D eigenvalue weighted by atomic mass is 9.98. The summed E-state index contributed by atoms with van der Waals surface area (Å²) < 4.78 is 10.8. The average molecular weight is 467 g/mol. The lowest BCUT2D eigenvalue weighted by Crippen LogP contribution is -2.47. The molecule has 4 rings (SSSR count). The molecule has 180 valence electrons. The summed E-state index contributed by atoms with van der Waals surface area (Å²) in [4.78, 5) is 36.5. The molecule has 0 saturated carbocycles. The average Bonchev–Trinajstić information content (AvgIpc) is 3.40. The number of fused-ring (bicyclic) bond motifs is 3. The Balaban J connectivity index is 1.34. The summed E-state index contributed by atoms with van der Waals surface area (Å²) in [6, 6.07) is 15.2. The number of hydrogen-bond donors (Lipinski definition) is 3. The van der Waals surface area contributed by atoms with Crippen molar-refractivity contribution < 1.29 is 29.0 Å². The summed E-state index contributed by atoms with van der Waals surface area (Å²) in [7, 11) is 0. The molecule has 8 heteroatoms. The molecule has 2 aromatic carbocycles. The Bertz CT molecular complexity index is 1020. The molecule has 1 fully saturated rings. The molecular formula is C26H30N2O6. The van der Waals surface area contributed by atoms with Gasteiger partial charge in [0.2, 0.25) is 5.91 Å². The summed E-state index contributed by atoms with van der Waals surface area (Å²) >= 11 is 0. The van der Waals surface area contributed by atoms with Crippen LogP contribution in [0.15, 0.2) is 48.5 Å². The number of carboxylic acid groups (broad SMARTS) is 1. The Labute approximate surface area is 198 Å². The highest BCUT2D eigenvalue weighted by Gasteiger charge is 2.35. The number of ether oxygens (including phenoxy) is 2. The van der Waals surface area contributed by atoms with Gasteiger partial charge in [-0.25, -0.2) is 4.79 Å². The first-order valence-electron chi connectivity index (χ1n) is 11.6. The second kappa shape index (κ2) is 10.3. The Morgan fingerprint density at radius 3 is 2.24 bits per heavy atom. The molecule has 1 saturated heterocycles. The van der Waals surface area contributed by atoms with E-state index in [-0.39, 0.29) is 44.0 Å². The van der Waals surface area contributed by atoms with Gasteiger partial charge in [-0.3, -0.25) is 9.59 Å². The number of carboxylic acids is 1. The molecule has 2 aromatic rings. The Morgan fingerprint density at radius 1 is 1.03 bits per heavy atom. The topological polar surface area (TPSA) is 114 Å². The predicted octanol–water partition coefficient (Wildman–Crippen LogP) is 3.16. The molecule has 0 spiro atoms.